The van der Waals surface area contributed by atoms with Crippen molar-refractivity contribution < 1.29 is 4.74 Å². The molecule has 0 spiro atoms. The second kappa shape index (κ2) is 4.14. The molecular weight excluding hydrogens is 192 g/mol. The van der Waals surface area contributed by atoms with Gasteiger partial charge in [-0.05, 0) is 12.1 Å². The molecule has 2 rings (SSSR count). The SMILES string of the molecule is N.N#CC(C#N)=C1Nc2ccccc2O1. The van der Waals surface area contributed by atoms with Gasteiger partial charge in [0.15, 0.2) is 11.3 Å². The maximum Gasteiger partial charge on any atom is 0.226 e. The minimum Gasteiger partial charge on any atom is -0.437 e. The van der Waals surface area contributed by atoms with E-state index >= 15 is 0 Å². The molecule has 0 aromatic heterocycles. The van der Waals surface area contributed by atoms with Crippen molar-refractivity contribution in [3.63, 3.8) is 0 Å². The molecule has 0 fully saturated rings. The van der Waals surface area contributed by atoms with E-state index in [1.54, 1.807) is 18.2 Å². The number of nitriles is 2. The van der Waals surface area contributed by atoms with Crippen LogP contribution in [0.2, 0.25) is 0 Å². The van der Waals surface area contributed by atoms with Gasteiger partial charge in [0.2, 0.25) is 5.88 Å². The molecule has 15 heavy (non-hydrogen) atoms. The molecule has 74 valence electrons. The van der Waals surface area contributed by atoms with Crippen molar-refractivity contribution in [2.24, 2.45) is 0 Å². The fourth-order valence-corrected chi connectivity index (χ4v) is 1.16. The van der Waals surface area contributed by atoms with Gasteiger partial charge in [-0.1, -0.05) is 12.1 Å². The molecule has 1 aliphatic heterocycles. The normalized spacial score (nSPS) is 10.9. The molecule has 1 aromatic rings. The largest absolute Gasteiger partial charge is 0.437 e. The van der Waals surface area contributed by atoms with Gasteiger partial charge < -0.3 is 16.2 Å². The lowest BCUT2D eigenvalue weighted by Crippen LogP contribution is -2.00. The summed E-state index contributed by atoms with van der Waals surface area (Å²) in [5, 5.41) is 20.1. The van der Waals surface area contributed by atoms with E-state index in [-0.39, 0.29) is 17.6 Å². The van der Waals surface area contributed by atoms with Crippen LogP contribution in [-0.4, -0.2) is 0 Å². The van der Waals surface area contributed by atoms with E-state index in [2.05, 4.69) is 5.32 Å². The van der Waals surface area contributed by atoms with Crippen LogP contribution >= 0.6 is 0 Å². The summed E-state index contributed by atoms with van der Waals surface area (Å²) >= 11 is 0. The summed E-state index contributed by atoms with van der Waals surface area (Å²) in [6.45, 7) is 0. The van der Waals surface area contributed by atoms with Crippen molar-refractivity contribution in [2.45, 2.75) is 0 Å². The van der Waals surface area contributed by atoms with Gasteiger partial charge in [0, 0.05) is 0 Å². The monoisotopic (exact) mass is 200 g/mol. The lowest BCUT2D eigenvalue weighted by molar-refractivity contribution is 0.455. The minimum absolute atomic E-state index is 0. The Hall–Kier alpha value is -2.50. The first-order chi connectivity index (χ1) is 6.85. The number of allylic oxidation sites excluding steroid dienone is 1. The fourth-order valence-electron chi connectivity index (χ4n) is 1.16. The van der Waals surface area contributed by atoms with Gasteiger partial charge in [-0.3, -0.25) is 0 Å². The number of anilines is 1. The van der Waals surface area contributed by atoms with Gasteiger partial charge in [-0.2, -0.15) is 10.5 Å². The molecule has 4 N–H and O–H groups in total. The zero-order valence-corrected chi connectivity index (χ0v) is 7.82. The zero-order valence-electron chi connectivity index (χ0n) is 7.82. The number of ether oxygens (including phenoxy) is 1. The van der Waals surface area contributed by atoms with E-state index < -0.39 is 0 Å². The van der Waals surface area contributed by atoms with E-state index in [0.717, 1.165) is 5.69 Å². The van der Waals surface area contributed by atoms with Gasteiger partial charge in [0.25, 0.3) is 0 Å². The molecule has 5 heteroatoms. The quantitative estimate of drug-likeness (QED) is 0.622. The molecule has 0 aliphatic carbocycles. The highest BCUT2D eigenvalue weighted by atomic mass is 16.5. The molecule has 0 saturated heterocycles. The molecule has 0 radical (unpaired) electrons. The van der Waals surface area contributed by atoms with E-state index in [9.17, 15) is 0 Å². The van der Waals surface area contributed by atoms with Crippen LogP contribution in [0, 0.1) is 22.7 Å². The highest BCUT2D eigenvalue weighted by molar-refractivity contribution is 5.65. The first-order valence-corrected chi connectivity index (χ1v) is 3.93. The molecule has 1 aromatic carbocycles. The number of hydrogen-bond acceptors (Lipinski definition) is 5. The Labute approximate surface area is 86.8 Å². The summed E-state index contributed by atoms with van der Waals surface area (Å²) < 4.78 is 5.27. The summed E-state index contributed by atoms with van der Waals surface area (Å²) in [5.74, 6) is 0.835. The fraction of sp³-hybridized carbons (Fsp3) is 0. The minimum atomic E-state index is -0.0544. The smallest absolute Gasteiger partial charge is 0.226 e. The second-order valence-electron chi connectivity index (χ2n) is 2.65. The van der Waals surface area contributed by atoms with Gasteiger partial charge in [-0.15, -0.1) is 0 Å². The number of hydrogen-bond donors (Lipinski definition) is 2. The number of para-hydroxylation sites is 2. The van der Waals surface area contributed by atoms with Crippen molar-refractivity contribution in [3.05, 3.63) is 35.7 Å². The number of nitrogens with zero attached hydrogens (tertiary/aromatic N) is 2. The van der Waals surface area contributed by atoms with E-state index in [4.69, 9.17) is 15.3 Å². The molecule has 1 heterocycles. The number of nitrogens with one attached hydrogen (secondary N) is 1. The lowest BCUT2D eigenvalue weighted by atomic mass is 10.3. The molecule has 0 amide bonds. The maximum absolute atomic E-state index is 8.62. The Kier molecular flexibility index (Phi) is 2.92. The Morgan fingerprint density at radius 2 is 1.87 bits per heavy atom. The van der Waals surface area contributed by atoms with Gasteiger partial charge in [-0.25, -0.2) is 0 Å². The van der Waals surface area contributed by atoms with Crippen LogP contribution in [0.1, 0.15) is 0 Å². The van der Waals surface area contributed by atoms with Gasteiger partial charge >= 0.3 is 0 Å². The molecule has 0 atom stereocenters. The first-order valence-electron chi connectivity index (χ1n) is 3.93. The summed E-state index contributed by atoms with van der Waals surface area (Å²) in [6, 6.07) is 10.8. The van der Waals surface area contributed by atoms with Crippen molar-refractivity contribution in [1.82, 2.24) is 6.15 Å². The van der Waals surface area contributed by atoms with E-state index in [1.807, 2.05) is 18.2 Å². The topological polar surface area (TPSA) is 104 Å². The maximum atomic E-state index is 8.62. The molecular formula is C10H8N4O. The molecule has 0 unspecified atom stereocenters. The highest BCUT2D eigenvalue weighted by Crippen LogP contribution is 2.33. The average Bonchev–Trinajstić information content (AvgIpc) is 2.63. The van der Waals surface area contributed by atoms with E-state index in [0.29, 0.717) is 5.75 Å². The predicted octanol–water partition coefficient (Wildman–Crippen LogP) is 1.91. The molecule has 1 aliphatic rings. The third-order valence-corrected chi connectivity index (χ3v) is 1.80. The van der Waals surface area contributed by atoms with Crippen LogP contribution in [0.3, 0.4) is 0 Å². The average molecular weight is 200 g/mol. The molecule has 0 saturated carbocycles. The van der Waals surface area contributed by atoms with Crippen LogP contribution in [0.4, 0.5) is 5.69 Å². The Bertz CT molecular complexity index is 450. The van der Waals surface area contributed by atoms with Crippen molar-refractivity contribution >= 4 is 5.69 Å². The standard InChI is InChI=1S/C10H5N3O.H3N/c11-5-7(6-12)10-13-8-3-1-2-4-9(8)14-10;/h1-4,13H;1H3. The van der Waals surface area contributed by atoms with E-state index in [1.165, 1.54) is 0 Å². The summed E-state index contributed by atoms with van der Waals surface area (Å²) in [4.78, 5) is 0. The zero-order chi connectivity index (χ0) is 9.97. The second-order valence-corrected chi connectivity index (χ2v) is 2.65. The van der Waals surface area contributed by atoms with Crippen molar-refractivity contribution in [1.29, 1.82) is 10.5 Å². The summed E-state index contributed by atoms with van der Waals surface area (Å²) in [7, 11) is 0. The Morgan fingerprint density at radius 1 is 1.20 bits per heavy atom. The third kappa shape index (κ3) is 1.73. The summed E-state index contributed by atoms with van der Waals surface area (Å²) in [6.07, 6.45) is 0. The number of rotatable bonds is 0. The number of fused-ring (bicyclic) bond motifs is 1. The predicted molar refractivity (Wildman–Crippen MR) is 54.0 cm³/mol. The Balaban J connectivity index is 0.00000112. The first kappa shape index (κ1) is 10.6. The van der Waals surface area contributed by atoms with Crippen molar-refractivity contribution in [2.75, 3.05) is 5.32 Å². The van der Waals surface area contributed by atoms with Crippen LogP contribution < -0.4 is 16.2 Å². The third-order valence-electron chi connectivity index (χ3n) is 1.80. The molecule has 5 nitrogen and oxygen atoms in total. The van der Waals surface area contributed by atoms with Gasteiger partial charge in [0.1, 0.15) is 12.1 Å². The van der Waals surface area contributed by atoms with Crippen LogP contribution in [0.5, 0.6) is 5.75 Å². The summed E-state index contributed by atoms with van der Waals surface area (Å²) in [5.41, 5.74) is 0.715. The van der Waals surface area contributed by atoms with Crippen LogP contribution in [0.15, 0.2) is 35.7 Å². The Morgan fingerprint density at radius 3 is 2.47 bits per heavy atom. The van der Waals surface area contributed by atoms with Crippen LogP contribution in [0.25, 0.3) is 0 Å². The lowest BCUT2D eigenvalue weighted by Gasteiger charge is -1.95. The molecule has 0 bridgehead atoms. The van der Waals surface area contributed by atoms with Crippen molar-refractivity contribution in [3.8, 4) is 17.9 Å². The van der Waals surface area contributed by atoms with Crippen LogP contribution in [-0.2, 0) is 0 Å². The number of benzene rings is 1. The highest BCUT2D eigenvalue weighted by Gasteiger charge is 2.19. The van der Waals surface area contributed by atoms with Gasteiger partial charge in [0.05, 0.1) is 5.69 Å².